The molecule has 0 spiro atoms. The van der Waals surface area contributed by atoms with Crippen molar-refractivity contribution in [2.75, 3.05) is 0 Å². The zero-order chi connectivity index (χ0) is 7.68. The van der Waals surface area contributed by atoms with Crippen LogP contribution in [0.5, 0.6) is 0 Å². The van der Waals surface area contributed by atoms with Gasteiger partial charge < -0.3 is 0 Å². The maximum absolute atomic E-state index is 4.22. The third-order valence-electron chi connectivity index (χ3n) is 2.06. The Labute approximate surface area is 80.0 Å². The van der Waals surface area contributed by atoms with Crippen LogP contribution in [0.1, 0.15) is 17.5 Å². The molecular formula is C9H8IN. The van der Waals surface area contributed by atoms with Gasteiger partial charge in [0.1, 0.15) is 0 Å². The lowest BCUT2D eigenvalue weighted by Crippen LogP contribution is -1.90. The van der Waals surface area contributed by atoms with Crippen molar-refractivity contribution in [1.82, 2.24) is 0 Å². The van der Waals surface area contributed by atoms with Crippen LogP contribution in [0.3, 0.4) is 0 Å². The Hall–Kier alpha value is -0.380. The van der Waals surface area contributed by atoms with E-state index in [1.54, 1.807) is 0 Å². The van der Waals surface area contributed by atoms with Crippen molar-refractivity contribution in [2.24, 2.45) is 3.21 Å². The first-order chi connectivity index (χ1) is 5.42. The highest BCUT2D eigenvalue weighted by Crippen LogP contribution is 2.22. The van der Waals surface area contributed by atoms with Crippen LogP contribution in [0.2, 0.25) is 0 Å². The number of aryl methyl sites for hydroxylation is 1. The lowest BCUT2D eigenvalue weighted by Gasteiger charge is -1.95. The second-order valence-electron chi connectivity index (χ2n) is 2.69. The second kappa shape index (κ2) is 2.93. The highest BCUT2D eigenvalue weighted by molar-refractivity contribution is 14.1. The van der Waals surface area contributed by atoms with Crippen molar-refractivity contribution in [3.8, 4) is 0 Å². The lowest BCUT2D eigenvalue weighted by molar-refractivity contribution is 1.10. The van der Waals surface area contributed by atoms with E-state index >= 15 is 0 Å². The number of halogens is 1. The average Bonchev–Trinajstić information content (AvgIpc) is 2.47. The van der Waals surface area contributed by atoms with E-state index in [0.29, 0.717) is 0 Å². The molecule has 0 saturated heterocycles. The molecule has 0 N–H and O–H groups in total. The molecule has 1 aliphatic carbocycles. The van der Waals surface area contributed by atoms with Gasteiger partial charge in [0.15, 0.2) is 0 Å². The number of nitrogens with zero attached hydrogens (tertiary/aromatic N) is 1. The summed E-state index contributed by atoms with van der Waals surface area (Å²) in [6.07, 6.45) is 2.28. The predicted octanol–water partition coefficient (Wildman–Crippen LogP) is 2.77. The van der Waals surface area contributed by atoms with E-state index in [0.717, 1.165) is 12.8 Å². The third-order valence-corrected chi connectivity index (χ3v) is 2.64. The lowest BCUT2D eigenvalue weighted by atomic mass is 10.1. The van der Waals surface area contributed by atoms with Gasteiger partial charge in [-0.25, -0.2) is 3.21 Å². The highest BCUT2D eigenvalue weighted by Gasteiger charge is 2.15. The van der Waals surface area contributed by atoms with Gasteiger partial charge in [0, 0.05) is 0 Å². The normalized spacial score (nSPS) is 18.8. The second-order valence-corrected chi connectivity index (χ2v) is 3.17. The van der Waals surface area contributed by atoms with Crippen LogP contribution >= 0.6 is 22.9 Å². The van der Waals surface area contributed by atoms with Crippen molar-refractivity contribution in [2.45, 2.75) is 12.8 Å². The Morgan fingerprint density at radius 3 is 2.82 bits per heavy atom. The number of fused-ring (bicyclic) bond motifs is 1. The topological polar surface area (TPSA) is 12.4 Å². The largest absolute Gasteiger partial charge is 0.219 e. The van der Waals surface area contributed by atoms with Gasteiger partial charge in [-0.05, 0) is 24.0 Å². The van der Waals surface area contributed by atoms with Gasteiger partial charge in [0.05, 0.1) is 28.6 Å². The van der Waals surface area contributed by atoms with Crippen LogP contribution in [-0.4, -0.2) is 5.71 Å². The zero-order valence-corrected chi connectivity index (χ0v) is 8.21. The molecule has 0 aromatic heterocycles. The Kier molecular flexibility index (Phi) is 1.94. The van der Waals surface area contributed by atoms with Gasteiger partial charge in [-0.3, -0.25) is 0 Å². The molecule has 11 heavy (non-hydrogen) atoms. The van der Waals surface area contributed by atoms with Crippen molar-refractivity contribution in [3.05, 3.63) is 35.4 Å². The maximum Gasteiger partial charge on any atom is 0.0834 e. The zero-order valence-electron chi connectivity index (χ0n) is 6.05. The first kappa shape index (κ1) is 7.28. The standard InChI is InChI=1S/C9H8IN/c10-11-9-6-5-7-3-1-2-4-8(7)9/h1-4H,5-6H2/b11-9-. The molecule has 2 rings (SSSR count). The van der Waals surface area contributed by atoms with E-state index < -0.39 is 0 Å². The van der Waals surface area contributed by atoms with Crippen molar-refractivity contribution >= 4 is 28.6 Å². The summed E-state index contributed by atoms with van der Waals surface area (Å²) in [6, 6.07) is 8.50. The summed E-state index contributed by atoms with van der Waals surface area (Å²) in [4.78, 5) is 0. The van der Waals surface area contributed by atoms with E-state index in [-0.39, 0.29) is 0 Å². The molecule has 1 nitrogen and oxygen atoms in total. The Morgan fingerprint density at radius 1 is 1.18 bits per heavy atom. The summed E-state index contributed by atoms with van der Waals surface area (Å²) in [5.41, 5.74) is 4.05. The van der Waals surface area contributed by atoms with Crippen LogP contribution < -0.4 is 0 Å². The Morgan fingerprint density at radius 2 is 2.00 bits per heavy atom. The summed E-state index contributed by atoms with van der Waals surface area (Å²) in [5.74, 6) is 0. The fourth-order valence-electron chi connectivity index (χ4n) is 1.50. The predicted molar refractivity (Wildman–Crippen MR) is 55.3 cm³/mol. The Balaban J connectivity index is 2.55. The van der Waals surface area contributed by atoms with Crippen LogP contribution in [0.15, 0.2) is 27.5 Å². The molecule has 0 aliphatic heterocycles. The molecule has 0 radical (unpaired) electrons. The molecule has 2 heteroatoms. The molecule has 0 unspecified atom stereocenters. The fourth-order valence-corrected chi connectivity index (χ4v) is 2.00. The molecule has 1 aliphatic rings. The number of rotatable bonds is 0. The molecular weight excluding hydrogens is 249 g/mol. The van der Waals surface area contributed by atoms with Gasteiger partial charge in [-0.1, -0.05) is 24.3 Å². The molecule has 56 valence electrons. The minimum Gasteiger partial charge on any atom is -0.219 e. The van der Waals surface area contributed by atoms with Crippen LogP contribution in [0.25, 0.3) is 0 Å². The molecule has 1 aromatic carbocycles. The molecule has 0 saturated carbocycles. The number of benzene rings is 1. The number of hydrogen-bond acceptors (Lipinski definition) is 1. The third kappa shape index (κ3) is 1.20. The summed E-state index contributed by atoms with van der Waals surface area (Å²) >= 11 is 2.07. The first-order valence-electron chi connectivity index (χ1n) is 3.68. The molecule has 0 amide bonds. The summed E-state index contributed by atoms with van der Waals surface area (Å²) < 4.78 is 4.22. The molecule has 0 heterocycles. The van der Waals surface area contributed by atoms with Crippen LogP contribution in [0.4, 0.5) is 0 Å². The monoisotopic (exact) mass is 257 g/mol. The quantitative estimate of drug-likeness (QED) is 0.634. The maximum atomic E-state index is 4.22. The summed E-state index contributed by atoms with van der Waals surface area (Å²) in [5, 5.41) is 0. The SMILES string of the molecule is I/N=C1/CCc2ccccc21. The molecule has 0 fully saturated rings. The van der Waals surface area contributed by atoms with Crippen molar-refractivity contribution in [3.63, 3.8) is 0 Å². The molecule has 1 aromatic rings. The molecule has 0 atom stereocenters. The highest BCUT2D eigenvalue weighted by atomic mass is 127. The van der Waals surface area contributed by atoms with Gasteiger partial charge in [0.2, 0.25) is 0 Å². The van der Waals surface area contributed by atoms with E-state index in [1.165, 1.54) is 16.8 Å². The van der Waals surface area contributed by atoms with Crippen molar-refractivity contribution in [1.29, 1.82) is 0 Å². The summed E-state index contributed by atoms with van der Waals surface area (Å²) in [6.45, 7) is 0. The minimum absolute atomic E-state index is 1.11. The van der Waals surface area contributed by atoms with Crippen LogP contribution in [-0.2, 0) is 6.42 Å². The fraction of sp³-hybridized carbons (Fsp3) is 0.222. The van der Waals surface area contributed by atoms with Crippen molar-refractivity contribution < 1.29 is 0 Å². The number of hydrogen-bond donors (Lipinski definition) is 0. The van der Waals surface area contributed by atoms with E-state index in [4.69, 9.17) is 0 Å². The minimum atomic E-state index is 1.11. The van der Waals surface area contributed by atoms with Gasteiger partial charge in [-0.15, -0.1) is 0 Å². The van der Waals surface area contributed by atoms with Gasteiger partial charge in [-0.2, -0.15) is 0 Å². The summed E-state index contributed by atoms with van der Waals surface area (Å²) in [7, 11) is 0. The van der Waals surface area contributed by atoms with Crippen LogP contribution in [0, 0.1) is 0 Å². The van der Waals surface area contributed by atoms with E-state index in [2.05, 4.69) is 50.3 Å². The molecule has 0 bridgehead atoms. The first-order valence-corrected chi connectivity index (χ1v) is 4.64. The average molecular weight is 257 g/mol. The van der Waals surface area contributed by atoms with Gasteiger partial charge >= 0.3 is 0 Å². The van der Waals surface area contributed by atoms with E-state index in [1.807, 2.05) is 0 Å². The Bertz CT molecular complexity index is 304. The van der Waals surface area contributed by atoms with E-state index in [9.17, 15) is 0 Å². The smallest absolute Gasteiger partial charge is 0.0834 e. The van der Waals surface area contributed by atoms with Gasteiger partial charge in [0.25, 0.3) is 0 Å².